The molecule has 1 aliphatic carbocycles. The van der Waals surface area contributed by atoms with Gasteiger partial charge in [-0.25, -0.2) is 0 Å². The molecule has 1 aromatic heterocycles. The van der Waals surface area contributed by atoms with Gasteiger partial charge in [0.1, 0.15) is 0 Å². The highest BCUT2D eigenvalue weighted by atomic mass is 15.3. The number of hydrogen-bond donors (Lipinski definition) is 1. The molecule has 114 valence electrons. The van der Waals surface area contributed by atoms with E-state index in [2.05, 4.69) is 55.9 Å². The van der Waals surface area contributed by atoms with Crippen LogP contribution in [0.25, 0.3) is 0 Å². The molecule has 20 heavy (non-hydrogen) atoms. The summed E-state index contributed by atoms with van der Waals surface area (Å²) in [7, 11) is 0. The van der Waals surface area contributed by atoms with Crippen LogP contribution in [0.4, 0.5) is 0 Å². The maximum atomic E-state index is 4.59. The lowest BCUT2D eigenvalue weighted by atomic mass is 9.69. The number of aryl methyl sites for hydroxylation is 1. The summed E-state index contributed by atoms with van der Waals surface area (Å²) in [6.07, 6.45) is 9.23. The molecule has 2 rings (SSSR count). The van der Waals surface area contributed by atoms with Gasteiger partial charge in [-0.05, 0) is 56.0 Å². The van der Waals surface area contributed by atoms with Crippen molar-refractivity contribution in [2.45, 2.75) is 72.4 Å². The summed E-state index contributed by atoms with van der Waals surface area (Å²) in [5, 5.41) is 8.33. The SMILES string of the molecule is CCCNC1CCC(C(C)(C)C)CC1n1cc(C)cn1. The molecule has 1 saturated carbocycles. The van der Waals surface area contributed by atoms with Crippen LogP contribution in [-0.2, 0) is 0 Å². The van der Waals surface area contributed by atoms with E-state index in [4.69, 9.17) is 0 Å². The molecule has 1 aromatic rings. The van der Waals surface area contributed by atoms with Gasteiger partial charge in [-0.1, -0.05) is 27.7 Å². The Kier molecular flexibility index (Phi) is 4.90. The Bertz CT molecular complexity index is 416. The zero-order valence-electron chi connectivity index (χ0n) is 13.8. The molecule has 0 spiro atoms. The molecule has 0 bridgehead atoms. The van der Waals surface area contributed by atoms with Crippen LogP contribution in [0.5, 0.6) is 0 Å². The first-order chi connectivity index (χ1) is 9.41. The van der Waals surface area contributed by atoms with Gasteiger partial charge in [-0.2, -0.15) is 5.10 Å². The lowest BCUT2D eigenvalue weighted by Crippen LogP contribution is -2.44. The second kappa shape index (κ2) is 6.30. The average molecular weight is 277 g/mol. The van der Waals surface area contributed by atoms with Crippen molar-refractivity contribution in [3.05, 3.63) is 18.0 Å². The fourth-order valence-electron chi connectivity index (χ4n) is 3.41. The minimum atomic E-state index is 0.399. The molecule has 3 atom stereocenters. The van der Waals surface area contributed by atoms with Crippen LogP contribution in [0.2, 0.25) is 0 Å². The zero-order chi connectivity index (χ0) is 14.8. The first-order valence-corrected chi connectivity index (χ1v) is 8.16. The van der Waals surface area contributed by atoms with E-state index < -0.39 is 0 Å². The molecule has 3 heteroatoms. The number of nitrogens with zero attached hydrogens (tertiary/aromatic N) is 2. The van der Waals surface area contributed by atoms with Gasteiger partial charge in [-0.3, -0.25) is 4.68 Å². The predicted octanol–water partition coefficient (Wildman–Crippen LogP) is 3.95. The Morgan fingerprint density at radius 1 is 1.35 bits per heavy atom. The molecule has 1 fully saturated rings. The number of aromatic nitrogens is 2. The lowest BCUT2D eigenvalue weighted by molar-refractivity contribution is 0.112. The molecule has 0 amide bonds. The molecule has 0 radical (unpaired) electrons. The summed E-state index contributed by atoms with van der Waals surface area (Å²) in [5.74, 6) is 0.789. The van der Waals surface area contributed by atoms with Gasteiger partial charge in [0.15, 0.2) is 0 Å². The molecule has 1 aliphatic rings. The summed E-state index contributed by atoms with van der Waals surface area (Å²) in [4.78, 5) is 0. The molecule has 3 nitrogen and oxygen atoms in total. The molecule has 3 unspecified atom stereocenters. The van der Waals surface area contributed by atoms with E-state index in [1.807, 2.05) is 6.20 Å². The Balaban J connectivity index is 2.14. The van der Waals surface area contributed by atoms with Crippen molar-refractivity contribution >= 4 is 0 Å². The van der Waals surface area contributed by atoms with Gasteiger partial charge < -0.3 is 5.32 Å². The van der Waals surface area contributed by atoms with E-state index in [-0.39, 0.29) is 0 Å². The largest absolute Gasteiger partial charge is 0.312 e. The summed E-state index contributed by atoms with van der Waals surface area (Å²) in [6, 6.07) is 1.08. The molecule has 0 saturated heterocycles. The van der Waals surface area contributed by atoms with Crippen molar-refractivity contribution in [3.8, 4) is 0 Å². The van der Waals surface area contributed by atoms with E-state index in [0.29, 0.717) is 17.5 Å². The van der Waals surface area contributed by atoms with Gasteiger partial charge >= 0.3 is 0 Å². The van der Waals surface area contributed by atoms with Crippen molar-refractivity contribution in [1.82, 2.24) is 15.1 Å². The first-order valence-electron chi connectivity index (χ1n) is 8.16. The van der Waals surface area contributed by atoms with E-state index in [1.54, 1.807) is 0 Å². The highest BCUT2D eigenvalue weighted by molar-refractivity contribution is 5.03. The minimum absolute atomic E-state index is 0.399. The van der Waals surface area contributed by atoms with E-state index in [9.17, 15) is 0 Å². The van der Waals surface area contributed by atoms with Crippen LogP contribution in [-0.4, -0.2) is 22.4 Å². The van der Waals surface area contributed by atoms with E-state index in [1.165, 1.54) is 31.2 Å². The summed E-state index contributed by atoms with van der Waals surface area (Å²) in [6.45, 7) is 12.6. The van der Waals surface area contributed by atoms with Crippen LogP contribution in [0.1, 0.15) is 65.0 Å². The smallest absolute Gasteiger partial charge is 0.0675 e. The van der Waals surface area contributed by atoms with Crippen molar-refractivity contribution < 1.29 is 0 Å². The number of hydrogen-bond acceptors (Lipinski definition) is 2. The molecule has 0 aliphatic heterocycles. The summed E-state index contributed by atoms with van der Waals surface area (Å²) < 4.78 is 2.21. The van der Waals surface area contributed by atoms with Gasteiger partial charge in [0.25, 0.3) is 0 Å². The Hall–Kier alpha value is -0.830. The van der Waals surface area contributed by atoms with Gasteiger partial charge in [0.05, 0.1) is 12.2 Å². The maximum Gasteiger partial charge on any atom is 0.0675 e. The monoisotopic (exact) mass is 277 g/mol. The predicted molar refractivity (Wildman–Crippen MR) is 84.9 cm³/mol. The standard InChI is InChI=1S/C17H31N3/c1-6-9-18-15-8-7-14(17(3,4)5)10-16(15)20-12-13(2)11-19-20/h11-12,14-16,18H,6-10H2,1-5H3. The van der Waals surface area contributed by atoms with E-state index >= 15 is 0 Å². The average Bonchev–Trinajstić information content (AvgIpc) is 2.81. The van der Waals surface area contributed by atoms with Crippen molar-refractivity contribution in [1.29, 1.82) is 0 Å². The van der Waals surface area contributed by atoms with E-state index in [0.717, 1.165) is 12.5 Å². The van der Waals surface area contributed by atoms with Gasteiger partial charge in [-0.15, -0.1) is 0 Å². The topological polar surface area (TPSA) is 29.9 Å². The molecule has 0 aromatic carbocycles. The minimum Gasteiger partial charge on any atom is -0.312 e. The number of rotatable bonds is 4. The van der Waals surface area contributed by atoms with Crippen molar-refractivity contribution in [2.75, 3.05) is 6.54 Å². The summed E-state index contributed by atoms with van der Waals surface area (Å²) >= 11 is 0. The van der Waals surface area contributed by atoms with Gasteiger partial charge in [0.2, 0.25) is 0 Å². The number of nitrogens with one attached hydrogen (secondary N) is 1. The molecule has 1 heterocycles. The second-order valence-electron chi connectivity index (χ2n) is 7.50. The van der Waals surface area contributed by atoms with Crippen LogP contribution in [0.3, 0.4) is 0 Å². The third-order valence-corrected chi connectivity index (χ3v) is 4.77. The summed E-state index contributed by atoms with van der Waals surface area (Å²) in [5.41, 5.74) is 1.66. The molecule has 1 N–H and O–H groups in total. The highest BCUT2D eigenvalue weighted by Crippen LogP contribution is 2.42. The normalized spacial score (nSPS) is 27.8. The molecular formula is C17H31N3. The fraction of sp³-hybridized carbons (Fsp3) is 0.824. The molecular weight excluding hydrogens is 246 g/mol. The van der Waals surface area contributed by atoms with Crippen molar-refractivity contribution in [3.63, 3.8) is 0 Å². The Morgan fingerprint density at radius 3 is 2.65 bits per heavy atom. The Labute approximate surface area is 124 Å². The lowest BCUT2D eigenvalue weighted by Gasteiger charge is -2.42. The zero-order valence-corrected chi connectivity index (χ0v) is 13.8. The third kappa shape index (κ3) is 3.63. The van der Waals surface area contributed by atoms with Crippen LogP contribution < -0.4 is 5.32 Å². The van der Waals surface area contributed by atoms with Crippen LogP contribution >= 0.6 is 0 Å². The highest BCUT2D eigenvalue weighted by Gasteiger charge is 2.36. The van der Waals surface area contributed by atoms with Crippen LogP contribution in [0.15, 0.2) is 12.4 Å². The van der Waals surface area contributed by atoms with Crippen molar-refractivity contribution in [2.24, 2.45) is 11.3 Å². The quantitative estimate of drug-likeness (QED) is 0.903. The van der Waals surface area contributed by atoms with Crippen LogP contribution in [0, 0.1) is 18.3 Å². The first kappa shape index (κ1) is 15.6. The maximum absolute atomic E-state index is 4.59. The Morgan fingerprint density at radius 2 is 2.10 bits per heavy atom. The van der Waals surface area contributed by atoms with Gasteiger partial charge in [0, 0.05) is 12.2 Å². The third-order valence-electron chi connectivity index (χ3n) is 4.77. The second-order valence-corrected chi connectivity index (χ2v) is 7.50. The fourth-order valence-corrected chi connectivity index (χ4v) is 3.41.